The van der Waals surface area contributed by atoms with Crippen molar-refractivity contribution < 1.29 is 9.53 Å². The average Bonchev–Trinajstić information content (AvgIpc) is 2.74. The van der Waals surface area contributed by atoms with E-state index in [1.54, 1.807) is 6.33 Å². The second-order valence-electron chi connectivity index (χ2n) is 4.97. The first-order valence-electron chi connectivity index (χ1n) is 6.75. The van der Waals surface area contributed by atoms with Gasteiger partial charge in [-0.1, -0.05) is 15.9 Å². The van der Waals surface area contributed by atoms with E-state index >= 15 is 0 Å². The van der Waals surface area contributed by atoms with Crippen LogP contribution in [0.25, 0.3) is 11.0 Å². The Morgan fingerprint density at radius 2 is 2.30 bits per heavy atom. The number of carbonyl (C=O) groups is 1. The highest BCUT2D eigenvalue weighted by atomic mass is 79.9. The molecule has 0 spiro atoms. The van der Waals surface area contributed by atoms with Gasteiger partial charge < -0.3 is 15.0 Å². The van der Waals surface area contributed by atoms with Crippen molar-refractivity contribution in [1.29, 1.82) is 0 Å². The standard InChI is InChI=1S/C14H16BrN3O2/c15-9-6-11(13-12(7-9)16-8-17-13)14(19)18-10-2-1-4-20-5-3-10/h6-8,10H,1-5H2,(H,16,17)(H,18,19). The summed E-state index contributed by atoms with van der Waals surface area (Å²) in [7, 11) is 0. The summed E-state index contributed by atoms with van der Waals surface area (Å²) >= 11 is 3.43. The molecule has 2 heterocycles. The Morgan fingerprint density at radius 1 is 1.40 bits per heavy atom. The smallest absolute Gasteiger partial charge is 0.253 e. The molecule has 0 aliphatic carbocycles. The van der Waals surface area contributed by atoms with E-state index in [1.807, 2.05) is 12.1 Å². The van der Waals surface area contributed by atoms with Gasteiger partial charge in [0.1, 0.15) is 5.52 Å². The molecule has 1 aliphatic heterocycles. The lowest BCUT2D eigenvalue weighted by Crippen LogP contribution is -2.35. The van der Waals surface area contributed by atoms with E-state index in [-0.39, 0.29) is 11.9 Å². The zero-order valence-electron chi connectivity index (χ0n) is 11.0. The van der Waals surface area contributed by atoms with Crippen LogP contribution in [-0.2, 0) is 4.74 Å². The van der Waals surface area contributed by atoms with Crippen molar-refractivity contribution in [3.63, 3.8) is 0 Å². The number of amides is 1. The van der Waals surface area contributed by atoms with E-state index in [2.05, 4.69) is 31.2 Å². The molecule has 0 saturated carbocycles. The summed E-state index contributed by atoms with van der Waals surface area (Å²) in [6.45, 7) is 1.49. The molecule has 1 fully saturated rings. The molecule has 1 atom stereocenters. The average molecular weight is 338 g/mol. The molecule has 3 rings (SSSR count). The summed E-state index contributed by atoms with van der Waals surface area (Å²) in [6, 6.07) is 3.91. The van der Waals surface area contributed by atoms with Crippen LogP contribution < -0.4 is 5.32 Å². The summed E-state index contributed by atoms with van der Waals surface area (Å²) in [5.74, 6) is -0.0738. The molecule has 2 N–H and O–H groups in total. The Balaban J connectivity index is 1.82. The highest BCUT2D eigenvalue weighted by molar-refractivity contribution is 9.10. The van der Waals surface area contributed by atoms with Gasteiger partial charge in [-0.3, -0.25) is 4.79 Å². The molecule has 1 aromatic carbocycles. The number of aromatic amines is 1. The highest BCUT2D eigenvalue weighted by Crippen LogP contribution is 2.22. The summed E-state index contributed by atoms with van der Waals surface area (Å²) in [4.78, 5) is 19.7. The second-order valence-corrected chi connectivity index (χ2v) is 5.88. The number of nitrogens with one attached hydrogen (secondary N) is 2. The molecule has 6 heteroatoms. The molecule has 5 nitrogen and oxygen atoms in total. The van der Waals surface area contributed by atoms with Crippen molar-refractivity contribution in [1.82, 2.24) is 15.3 Å². The van der Waals surface area contributed by atoms with Gasteiger partial charge in [-0.05, 0) is 31.4 Å². The van der Waals surface area contributed by atoms with Gasteiger partial charge in [0.25, 0.3) is 5.91 Å². The van der Waals surface area contributed by atoms with Crippen LogP contribution in [0.3, 0.4) is 0 Å². The van der Waals surface area contributed by atoms with E-state index in [1.165, 1.54) is 0 Å². The van der Waals surface area contributed by atoms with Crippen LogP contribution in [0.1, 0.15) is 29.6 Å². The van der Waals surface area contributed by atoms with Crippen LogP contribution in [0.15, 0.2) is 22.9 Å². The first kappa shape index (κ1) is 13.6. The van der Waals surface area contributed by atoms with Gasteiger partial charge in [0.15, 0.2) is 0 Å². The molecule has 1 aromatic heterocycles. The van der Waals surface area contributed by atoms with Crippen LogP contribution in [0.4, 0.5) is 0 Å². The highest BCUT2D eigenvalue weighted by Gasteiger charge is 2.18. The predicted molar refractivity (Wildman–Crippen MR) is 79.7 cm³/mol. The fraction of sp³-hybridized carbons (Fsp3) is 0.429. The number of imidazole rings is 1. The van der Waals surface area contributed by atoms with Gasteiger partial charge in [-0.15, -0.1) is 0 Å². The fourth-order valence-corrected chi connectivity index (χ4v) is 2.96. The topological polar surface area (TPSA) is 67.0 Å². The van der Waals surface area contributed by atoms with Crippen molar-refractivity contribution >= 4 is 32.9 Å². The third kappa shape index (κ3) is 2.86. The first-order chi connectivity index (χ1) is 9.74. The number of halogens is 1. The number of carbonyl (C=O) groups excluding carboxylic acids is 1. The van der Waals surface area contributed by atoms with Gasteiger partial charge in [0.2, 0.25) is 0 Å². The SMILES string of the molecule is O=C(NC1CCCOCC1)c1cc(Br)cc2[nH]cnc12. The van der Waals surface area contributed by atoms with E-state index in [9.17, 15) is 4.79 Å². The quantitative estimate of drug-likeness (QED) is 0.885. The lowest BCUT2D eigenvalue weighted by atomic mass is 10.1. The van der Waals surface area contributed by atoms with Crippen molar-refractivity contribution in [2.75, 3.05) is 13.2 Å². The fourth-order valence-electron chi connectivity index (χ4n) is 2.50. The summed E-state index contributed by atoms with van der Waals surface area (Å²) in [5, 5.41) is 3.09. The first-order valence-corrected chi connectivity index (χ1v) is 7.54. The summed E-state index contributed by atoms with van der Waals surface area (Å²) in [6.07, 6.45) is 4.42. The summed E-state index contributed by atoms with van der Waals surface area (Å²) < 4.78 is 6.28. The zero-order valence-corrected chi connectivity index (χ0v) is 12.6. The normalized spacial score (nSPS) is 19.8. The number of ether oxygens (including phenoxy) is 1. The molecule has 0 radical (unpaired) electrons. The number of nitrogens with zero attached hydrogens (tertiary/aromatic N) is 1. The number of hydrogen-bond acceptors (Lipinski definition) is 3. The van der Waals surface area contributed by atoms with Crippen LogP contribution in [0, 0.1) is 0 Å². The Hall–Kier alpha value is -1.40. The number of aromatic nitrogens is 2. The van der Waals surface area contributed by atoms with Gasteiger partial charge in [0.05, 0.1) is 17.4 Å². The predicted octanol–water partition coefficient (Wildman–Crippen LogP) is 2.62. The van der Waals surface area contributed by atoms with Crippen LogP contribution in [0.5, 0.6) is 0 Å². The Labute approximate surface area is 125 Å². The molecule has 106 valence electrons. The number of H-pyrrole nitrogens is 1. The molecule has 1 saturated heterocycles. The van der Waals surface area contributed by atoms with Crippen molar-refractivity contribution in [3.05, 3.63) is 28.5 Å². The Morgan fingerprint density at radius 3 is 3.20 bits per heavy atom. The minimum atomic E-state index is -0.0738. The van der Waals surface area contributed by atoms with Crippen LogP contribution in [0.2, 0.25) is 0 Å². The summed E-state index contributed by atoms with van der Waals surface area (Å²) in [5.41, 5.74) is 2.16. The third-order valence-corrected chi connectivity index (χ3v) is 3.98. The number of benzene rings is 1. The van der Waals surface area contributed by atoms with E-state index in [4.69, 9.17) is 4.74 Å². The van der Waals surface area contributed by atoms with Crippen molar-refractivity contribution in [2.24, 2.45) is 0 Å². The van der Waals surface area contributed by atoms with Gasteiger partial charge >= 0.3 is 0 Å². The number of fused-ring (bicyclic) bond motifs is 1. The molecular weight excluding hydrogens is 322 g/mol. The van der Waals surface area contributed by atoms with Crippen LogP contribution >= 0.6 is 15.9 Å². The van der Waals surface area contributed by atoms with E-state index < -0.39 is 0 Å². The molecular formula is C14H16BrN3O2. The van der Waals surface area contributed by atoms with Gasteiger partial charge in [-0.2, -0.15) is 0 Å². The van der Waals surface area contributed by atoms with Gasteiger partial charge in [0, 0.05) is 23.7 Å². The maximum atomic E-state index is 12.5. The molecule has 1 aliphatic rings. The maximum absolute atomic E-state index is 12.5. The van der Waals surface area contributed by atoms with E-state index in [0.29, 0.717) is 17.7 Å². The molecule has 20 heavy (non-hydrogen) atoms. The minimum Gasteiger partial charge on any atom is -0.381 e. The zero-order chi connectivity index (χ0) is 13.9. The molecule has 2 aromatic rings. The maximum Gasteiger partial charge on any atom is 0.253 e. The number of rotatable bonds is 2. The lowest BCUT2D eigenvalue weighted by Gasteiger charge is -2.15. The van der Waals surface area contributed by atoms with Crippen molar-refractivity contribution in [3.8, 4) is 0 Å². The van der Waals surface area contributed by atoms with E-state index in [0.717, 1.165) is 35.9 Å². The largest absolute Gasteiger partial charge is 0.381 e. The Bertz CT molecular complexity index is 618. The molecule has 0 bridgehead atoms. The third-order valence-electron chi connectivity index (χ3n) is 3.52. The minimum absolute atomic E-state index is 0.0738. The number of hydrogen-bond donors (Lipinski definition) is 2. The Kier molecular flexibility index (Phi) is 4.03. The monoisotopic (exact) mass is 337 g/mol. The molecule has 1 amide bonds. The van der Waals surface area contributed by atoms with Gasteiger partial charge in [-0.25, -0.2) is 4.98 Å². The van der Waals surface area contributed by atoms with Crippen molar-refractivity contribution in [2.45, 2.75) is 25.3 Å². The molecule has 1 unspecified atom stereocenters. The second kappa shape index (κ2) is 5.93. The lowest BCUT2D eigenvalue weighted by molar-refractivity contribution is 0.0931. The van der Waals surface area contributed by atoms with Crippen LogP contribution in [-0.4, -0.2) is 35.1 Å².